The standard InChI is InChI=1S/C10H14ClN3O/c1-4-12-10(15)7-5-8(11)9(13-6-7)14(2)3/h5-6H,4H2,1-3H3,(H,12,15). The molecule has 5 heteroatoms. The van der Waals surface area contributed by atoms with Gasteiger partial charge in [-0.1, -0.05) is 11.6 Å². The van der Waals surface area contributed by atoms with Crippen molar-refractivity contribution in [3.05, 3.63) is 22.8 Å². The molecule has 0 atom stereocenters. The third kappa shape index (κ3) is 2.83. The quantitative estimate of drug-likeness (QED) is 0.852. The molecule has 1 aromatic rings. The fraction of sp³-hybridized carbons (Fsp3) is 0.400. The number of carbonyl (C=O) groups excluding carboxylic acids is 1. The highest BCUT2D eigenvalue weighted by molar-refractivity contribution is 6.33. The van der Waals surface area contributed by atoms with Gasteiger partial charge in [0.25, 0.3) is 5.91 Å². The summed E-state index contributed by atoms with van der Waals surface area (Å²) in [5.74, 6) is 0.502. The molecule has 0 unspecified atom stereocenters. The molecule has 15 heavy (non-hydrogen) atoms. The molecule has 1 aromatic heterocycles. The number of nitrogens with one attached hydrogen (secondary N) is 1. The zero-order valence-corrected chi connectivity index (χ0v) is 9.80. The maximum Gasteiger partial charge on any atom is 0.252 e. The van der Waals surface area contributed by atoms with Crippen LogP contribution in [-0.4, -0.2) is 31.5 Å². The molecule has 82 valence electrons. The molecule has 4 nitrogen and oxygen atoms in total. The summed E-state index contributed by atoms with van der Waals surface area (Å²) in [4.78, 5) is 17.4. The molecule has 0 aliphatic heterocycles. The van der Waals surface area contributed by atoms with Gasteiger partial charge in [-0.15, -0.1) is 0 Å². The number of carbonyl (C=O) groups is 1. The SMILES string of the molecule is CCNC(=O)c1cnc(N(C)C)c(Cl)c1. The number of amides is 1. The lowest BCUT2D eigenvalue weighted by Gasteiger charge is -2.13. The van der Waals surface area contributed by atoms with Crippen molar-refractivity contribution in [1.82, 2.24) is 10.3 Å². The summed E-state index contributed by atoms with van der Waals surface area (Å²) in [6.45, 7) is 2.45. The molecule has 0 saturated carbocycles. The molecule has 0 bridgehead atoms. The Kier molecular flexibility index (Phi) is 3.91. The van der Waals surface area contributed by atoms with Crippen LogP contribution in [0.2, 0.25) is 5.02 Å². The minimum absolute atomic E-state index is 0.155. The monoisotopic (exact) mass is 227 g/mol. The highest BCUT2D eigenvalue weighted by atomic mass is 35.5. The van der Waals surface area contributed by atoms with Crippen molar-refractivity contribution >= 4 is 23.3 Å². The normalized spacial score (nSPS) is 9.87. The zero-order valence-electron chi connectivity index (χ0n) is 9.04. The van der Waals surface area contributed by atoms with E-state index in [1.54, 1.807) is 11.0 Å². The first kappa shape index (κ1) is 11.8. The molecule has 0 aliphatic rings. The molecule has 0 aliphatic carbocycles. The van der Waals surface area contributed by atoms with Crippen molar-refractivity contribution in [2.75, 3.05) is 25.5 Å². The van der Waals surface area contributed by atoms with Crippen molar-refractivity contribution in [2.45, 2.75) is 6.92 Å². The van der Waals surface area contributed by atoms with Gasteiger partial charge in [0.15, 0.2) is 0 Å². The van der Waals surface area contributed by atoms with E-state index in [-0.39, 0.29) is 5.91 Å². The molecule has 1 amide bonds. The Bertz CT molecular complexity index is 366. The second-order valence-electron chi connectivity index (χ2n) is 3.28. The number of hydrogen-bond acceptors (Lipinski definition) is 3. The fourth-order valence-electron chi connectivity index (χ4n) is 1.15. The minimum Gasteiger partial charge on any atom is -0.362 e. The van der Waals surface area contributed by atoms with Gasteiger partial charge >= 0.3 is 0 Å². The Balaban J connectivity index is 2.96. The Labute approximate surface area is 94.3 Å². The maximum atomic E-state index is 11.5. The molecular weight excluding hydrogens is 214 g/mol. The van der Waals surface area contributed by atoms with Crippen LogP contribution in [0.25, 0.3) is 0 Å². The van der Waals surface area contributed by atoms with E-state index < -0.39 is 0 Å². The molecule has 0 spiro atoms. The second kappa shape index (κ2) is 4.98. The van der Waals surface area contributed by atoms with Gasteiger partial charge in [0.05, 0.1) is 10.6 Å². The summed E-state index contributed by atoms with van der Waals surface area (Å²) in [5, 5.41) is 3.16. The van der Waals surface area contributed by atoms with E-state index in [0.29, 0.717) is 22.9 Å². The number of nitrogens with zero attached hydrogens (tertiary/aromatic N) is 2. The van der Waals surface area contributed by atoms with Crippen LogP contribution < -0.4 is 10.2 Å². The molecular formula is C10H14ClN3O. The summed E-state index contributed by atoms with van der Waals surface area (Å²) in [6, 6.07) is 1.62. The van der Waals surface area contributed by atoms with Crippen molar-refractivity contribution in [3.63, 3.8) is 0 Å². The average Bonchev–Trinajstić information content (AvgIpc) is 2.17. The van der Waals surface area contributed by atoms with E-state index in [2.05, 4.69) is 10.3 Å². The third-order valence-corrected chi connectivity index (χ3v) is 2.12. The van der Waals surface area contributed by atoms with Crippen molar-refractivity contribution < 1.29 is 4.79 Å². The predicted octanol–water partition coefficient (Wildman–Crippen LogP) is 1.55. The van der Waals surface area contributed by atoms with Gasteiger partial charge in [-0.05, 0) is 13.0 Å². The summed E-state index contributed by atoms with van der Waals surface area (Å²) in [5.41, 5.74) is 0.479. The molecule has 1 N–H and O–H groups in total. The number of halogens is 1. The van der Waals surface area contributed by atoms with Gasteiger partial charge in [-0.3, -0.25) is 4.79 Å². The van der Waals surface area contributed by atoms with Crippen LogP contribution in [0.1, 0.15) is 17.3 Å². The smallest absolute Gasteiger partial charge is 0.252 e. The lowest BCUT2D eigenvalue weighted by Crippen LogP contribution is -2.23. The molecule has 1 heterocycles. The first-order valence-corrected chi connectivity index (χ1v) is 5.05. The van der Waals surface area contributed by atoms with Crippen LogP contribution in [0.3, 0.4) is 0 Å². The van der Waals surface area contributed by atoms with Crippen molar-refractivity contribution in [1.29, 1.82) is 0 Å². The van der Waals surface area contributed by atoms with E-state index in [1.807, 2.05) is 21.0 Å². The third-order valence-electron chi connectivity index (χ3n) is 1.84. The Hall–Kier alpha value is -1.29. The number of rotatable bonds is 3. The summed E-state index contributed by atoms with van der Waals surface area (Å²) >= 11 is 5.98. The number of pyridine rings is 1. The van der Waals surface area contributed by atoms with Crippen LogP contribution in [0, 0.1) is 0 Å². The Morgan fingerprint density at radius 2 is 2.27 bits per heavy atom. The lowest BCUT2D eigenvalue weighted by atomic mass is 10.2. The Morgan fingerprint density at radius 1 is 1.60 bits per heavy atom. The van der Waals surface area contributed by atoms with E-state index in [1.165, 1.54) is 6.20 Å². The van der Waals surface area contributed by atoms with Gasteiger partial charge < -0.3 is 10.2 Å². The number of hydrogen-bond donors (Lipinski definition) is 1. The van der Waals surface area contributed by atoms with Crippen molar-refractivity contribution in [3.8, 4) is 0 Å². The average molecular weight is 228 g/mol. The van der Waals surface area contributed by atoms with E-state index in [0.717, 1.165) is 0 Å². The van der Waals surface area contributed by atoms with E-state index in [4.69, 9.17) is 11.6 Å². The topological polar surface area (TPSA) is 45.2 Å². The van der Waals surface area contributed by atoms with Crippen LogP contribution in [0.5, 0.6) is 0 Å². The van der Waals surface area contributed by atoms with Gasteiger partial charge in [0.2, 0.25) is 0 Å². The fourth-order valence-corrected chi connectivity index (χ4v) is 1.48. The maximum absolute atomic E-state index is 11.5. The highest BCUT2D eigenvalue weighted by Crippen LogP contribution is 2.21. The Morgan fingerprint density at radius 3 is 2.73 bits per heavy atom. The molecule has 0 fully saturated rings. The van der Waals surface area contributed by atoms with Crippen LogP contribution in [0.4, 0.5) is 5.82 Å². The van der Waals surface area contributed by atoms with Crippen LogP contribution >= 0.6 is 11.6 Å². The summed E-state index contributed by atoms with van der Waals surface area (Å²) in [7, 11) is 3.69. The molecule has 1 rings (SSSR count). The second-order valence-corrected chi connectivity index (χ2v) is 3.69. The predicted molar refractivity (Wildman–Crippen MR) is 61.6 cm³/mol. The van der Waals surface area contributed by atoms with Crippen LogP contribution in [-0.2, 0) is 0 Å². The number of aromatic nitrogens is 1. The summed E-state index contributed by atoms with van der Waals surface area (Å²) in [6.07, 6.45) is 1.52. The number of anilines is 1. The largest absolute Gasteiger partial charge is 0.362 e. The van der Waals surface area contributed by atoms with Gasteiger partial charge in [0.1, 0.15) is 5.82 Å². The molecule has 0 radical (unpaired) electrons. The molecule has 0 saturated heterocycles. The first-order valence-electron chi connectivity index (χ1n) is 4.67. The van der Waals surface area contributed by atoms with Crippen LogP contribution in [0.15, 0.2) is 12.3 Å². The molecule has 0 aromatic carbocycles. The van der Waals surface area contributed by atoms with E-state index >= 15 is 0 Å². The van der Waals surface area contributed by atoms with Crippen molar-refractivity contribution in [2.24, 2.45) is 0 Å². The lowest BCUT2D eigenvalue weighted by molar-refractivity contribution is 0.0955. The highest BCUT2D eigenvalue weighted by Gasteiger charge is 2.09. The van der Waals surface area contributed by atoms with E-state index in [9.17, 15) is 4.79 Å². The van der Waals surface area contributed by atoms with Gasteiger partial charge in [0, 0.05) is 26.8 Å². The summed E-state index contributed by atoms with van der Waals surface area (Å²) < 4.78 is 0. The zero-order chi connectivity index (χ0) is 11.4. The first-order chi connectivity index (χ1) is 7.06. The van der Waals surface area contributed by atoms with Gasteiger partial charge in [-0.25, -0.2) is 4.98 Å². The minimum atomic E-state index is -0.155. The van der Waals surface area contributed by atoms with Gasteiger partial charge in [-0.2, -0.15) is 0 Å².